The first-order valence-electron chi connectivity index (χ1n) is 8.39. The minimum absolute atomic E-state index is 0.00396. The number of alkyl halides is 3. The van der Waals surface area contributed by atoms with Gasteiger partial charge < -0.3 is 9.84 Å². The van der Waals surface area contributed by atoms with E-state index >= 15 is 4.39 Å². The van der Waals surface area contributed by atoms with Crippen LogP contribution in [0.2, 0.25) is 0 Å². The number of carbonyl (C=O) groups is 1. The number of hydrogen-bond acceptors (Lipinski definition) is 3. The molecule has 0 aromatic heterocycles. The van der Waals surface area contributed by atoms with Gasteiger partial charge in [0.05, 0.1) is 12.0 Å². The lowest BCUT2D eigenvalue weighted by molar-refractivity contribution is -0.184. The Hall–Kier alpha value is -0.780. The van der Waals surface area contributed by atoms with Gasteiger partial charge in [-0.3, -0.25) is 4.79 Å². The maximum Gasteiger partial charge on any atom is 0.311 e. The highest BCUT2D eigenvalue weighted by molar-refractivity contribution is 5.76. The van der Waals surface area contributed by atoms with Gasteiger partial charge in [0.25, 0.3) is 5.92 Å². The predicted octanol–water partition coefficient (Wildman–Crippen LogP) is 4.27. The molecule has 23 heavy (non-hydrogen) atoms. The Bertz CT molecular complexity index is 387. The third-order valence-corrected chi connectivity index (χ3v) is 4.77. The molecule has 0 bridgehead atoms. The van der Waals surface area contributed by atoms with Gasteiger partial charge in [-0.25, -0.2) is 13.2 Å². The van der Waals surface area contributed by atoms with Crippen LogP contribution in [0.3, 0.4) is 0 Å². The average Bonchev–Trinajstić information content (AvgIpc) is 2.46. The Kier molecular flexibility index (Phi) is 6.93. The topological polar surface area (TPSA) is 46.5 Å². The van der Waals surface area contributed by atoms with Crippen LogP contribution < -0.4 is 0 Å². The zero-order chi connectivity index (χ0) is 17.7. The molecule has 6 heteroatoms. The van der Waals surface area contributed by atoms with Gasteiger partial charge in [0.2, 0.25) is 0 Å². The molecular weight excluding hydrogens is 309 g/mol. The molecule has 0 spiro atoms. The molecule has 0 radical (unpaired) electrons. The SMILES string of the molecule is CC(C)(CC(F)(C1CCCCC1)C(C)(F)F)C(=O)OCCCO. The summed E-state index contributed by atoms with van der Waals surface area (Å²) in [5, 5.41) is 8.69. The zero-order valence-corrected chi connectivity index (χ0v) is 14.3. The van der Waals surface area contributed by atoms with Crippen molar-refractivity contribution in [1.82, 2.24) is 0 Å². The van der Waals surface area contributed by atoms with Crippen LogP contribution in [0, 0.1) is 11.3 Å². The summed E-state index contributed by atoms with van der Waals surface area (Å²) in [4.78, 5) is 12.1. The minimum Gasteiger partial charge on any atom is -0.465 e. The number of aliphatic hydroxyl groups excluding tert-OH is 1. The largest absolute Gasteiger partial charge is 0.465 e. The van der Waals surface area contributed by atoms with Crippen molar-refractivity contribution < 1.29 is 27.8 Å². The monoisotopic (exact) mass is 338 g/mol. The summed E-state index contributed by atoms with van der Waals surface area (Å²) in [5.74, 6) is -4.95. The van der Waals surface area contributed by atoms with E-state index in [-0.39, 0.29) is 19.6 Å². The van der Waals surface area contributed by atoms with E-state index in [9.17, 15) is 13.6 Å². The Labute approximate surface area is 136 Å². The second kappa shape index (κ2) is 7.86. The zero-order valence-electron chi connectivity index (χ0n) is 14.3. The van der Waals surface area contributed by atoms with Crippen molar-refractivity contribution in [2.75, 3.05) is 13.2 Å². The molecule has 0 amide bonds. The summed E-state index contributed by atoms with van der Waals surface area (Å²) in [7, 11) is 0. The number of hydrogen-bond donors (Lipinski definition) is 1. The lowest BCUT2D eigenvalue weighted by Gasteiger charge is -2.43. The van der Waals surface area contributed by atoms with Crippen LogP contribution in [0.15, 0.2) is 0 Å². The van der Waals surface area contributed by atoms with Gasteiger partial charge >= 0.3 is 5.97 Å². The highest BCUT2D eigenvalue weighted by Crippen LogP contribution is 2.50. The third kappa shape index (κ3) is 5.10. The van der Waals surface area contributed by atoms with E-state index < -0.39 is 35.3 Å². The minimum atomic E-state index is -3.52. The van der Waals surface area contributed by atoms with E-state index in [1.807, 2.05) is 0 Å². The maximum atomic E-state index is 15.4. The summed E-state index contributed by atoms with van der Waals surface area (Å²) >= 11 is 0. The van der Waals surface area contributed by atoms with Crippen LogP contribution in [0.4, 0.5) is 13.2 Å². The van der Waals surface area contributed by atoms with Crippen molar-refractivity contribution in [2.45, 2.75) is 77.3 Å². The summed E-state index contributed by atoms with van der Waals surface area (Å²) in [6.07, 6.45) is 2.99. The smallest absolute Gasteiger partial charge is 0.311 e. The van der Waals surface area contributed by atoms with Crippen molar-refractivity contribution >= 4 is 5.97 Å². The molecule has 1 saturated carbocycles. The van der Waals surface area contributed by atoms with Gasteiger partial charge in [0, 0.05) is 26.4 Å². The molecule has 1 aliphatic carbocycles. The Morgan fingerprint density at radius 2 is 1.70 bits per heavy atom. The van der Waals surface area contributed by atoms with Crippen molar-refractivity contribution in [2.24, 2.45) is 11.3 Å². The van der Waals surface area contributed by atoms with Crippen molar-refractivity contribution in [1.29, 1.82) is 0 Å². The molecule has 0 aromatic carbocycles. The quantitative estimate of drug-likeness (QED) is 0.531. The molecule has 1 unspecified atom stereocenters. The number of esters is 1. The molecule has 0 saturated heterocycles. The van der Waals surface area contributed by atoms with Crippen LogP contribution >= 0.6 is 0 Å². The van der Waals surface area contributed by atoms with Crippen LogP contribution in [-0.4, -0.2) is 35.9 Å². The molecule has 1 fully saturated rings. The van der Waals surface area contributed by atoms with Gasteiger partial charge in [-0.2, -0.15) is 0 Å². The Balaban J connectivity index is 2.89. The summed E-state index contributed by atoms with van der Waals surface area (Å²) in [5.41, 5.74) is -4.06. The molecule has 0 aliphatic heterocycles. The highest BCUT2D eigenvalue weighted by atomic mass is 19.3. The van der Waals surface area contributed by atoms with Gasteiger partial charge in [0.15, 0.2) is 5.67 Å². The van der Waals surface area contributed by atoms with E-state index in [1.54, 1.807) is 0 Å². The van der Waals surface area contributed by atoms with Gasteiger partial charge in [-0.1, -0.05) is 19.3 Å². The lowest BCUT2D eigenvalue weighted by Crippen LogP contribution is -2.52. The summed E-state index contributed by atoms with van der Waals surface area (Å²) in [6.45, 7) is 3.36. The van der Waals surface area contributed by atoms with Crippen LogP contribution in [0.1, 0.15) is 65.7 Å². The van der Waals surface area contributed by atoms with E-state index in [0.29, 0.717) is 19.8 Å². The summed E-state index contributed by atoms with van der Waals surface area (Å²) < 4.78 is 48.6. The lowest BCUT2D eigenvalue weighted by atomic mass is 9.68. The fourth-order valence-electron chi connectivity index (χ4n) is 3.36. The number of carbonyl (C=O) groups excluding carboxylic acids is 1. The number of aliphatic hydroxyl groups is 1. The number of ether oxygens (including phenoxy) is 1. The molecule has 3 nitrogen and oxygen atoms in total. The molecule has 1 rings (SSSR count). The standard InChI is InChI=1S/C17H29F3O3/c1-15(2,14(22)23-11-7-10-21)12-17(20,16(3,18)19)13-8-5-4-6-9-13/h13,21H,4-12H2,1-3H3. The normalized spacial score (nSPS) is 20.1. The Morgan fingerprint density at radius 1 is 1.13 bits per heavy atom. The van der Waals surface area contributed by atoms with Gasteiger partial charge in [-0.05, 0) is 32.6 Å². The van der Waals surface area contributed by atoms with E-state index in [0.717, 1.165) is 19.3 Å². The van der Waals surface area contributed by atoms with Crippen molar-refractivity contribution in [3.05, 3.63) is 0 Å². The molecule has 1 atom stereocenters. The number of halogens is 3. The molecule has 0 heterocycles. The van der Waals surface area contributed by atoms with Gasteiger partial charge in [0.1, 0.15) is 0 Å². The second-order valence-corrected chi connectivity index (χ2v) is 7.36. The van der Waals surface area contributed by atoms with Crippen molar-refractivity contribution in [3.8, 4) is 0 Å². The third-order valence-electron chi connectivity index (χ3n) is 4.77. The van der Waals surface area contributed by atoms with E-state index in [1.165, 1.54) is 13.8 Å². The maximum absolute atomic E-state index is 15.4. The van der Waals surface area contributed by atoms with Crippen molar-refractivity contribution in [3.63, 3.8) is 0 Å². The first kappa shape index (κ1) is 20.3. The highest BCUT2D eigenvalue weighted by Gasteiger charge is 2.59. The van der Waals surface area contributed by atoms with Crippen LogP contribution in [0.25, 0.3) is 0 Å². The average molecular weight is 338 g/mol. The molecule has 136 valence electrons. The fourth-order valence-corrected chi connectivity index (χ4v) is 3.36. The fraction of sp³-hybridized carbons (Fsp3) is 0.941. The number of rotatable bonds is 8. The summed E-state index contributed by atoms with van der Waals surface area (Å²) in [6, 6.07) is 0. The van der Waals surface area contributed by atoms with Crippen LogP contribution in [0.5, 0.6) is 0 Å². The Morgan fingerprint density at radius 3 is 2.17 bits per heavy atom. The predicted molar refractivity (Wildman–Crippen MR) is 82.1 cm³/mol. The second-order valence-electron chi connectivity index (χ2n) is 7.36. The molecule has 0 aromatic rings. The van der Waals surface area contributed by atoms with Gasteiger partial charge in [-0.15, -0.1) is 0 Å². The van der Waals surface area contributed by atoms with Crippen LogP contribution in [-0.2, 0) is 9.53 Å². The first-order chi connectivity index (χ1) is 10.5. The molecule has 1 N–H and O–H groups in total. The van der Waals surface area contributed by atoms with E-state index in [4.69, 9.17) is 9.84 Å². The van der Waals surface area contributed by atoms with E-state index in [2.05, 4.69) is 0 Å². The molecular formula is C17H29F3O3. The molecule has 1 aliphatic rings. The first-order valence-corrected chi connectivity index (χ1v) is 8.39.